The Bertz CT molecular complexity index is 587. The maximum absolute atomic E-state index is 12.0. The lowest BCUT2D eigenvalue weighted by atomic mass is 9.89. The van der Waals surface area contributed by atoms with Crippen molar-refractivity contribution in [1.29, 1.82) is 0 Å². The molecule has 0 heterocycles. The first-order valence-electron chi connectivity index (χ1n) is 5.84. The maximum Gasteiger partial charge on any atom is 0.186 e. The maximum atomic E-state index is 12.0. The molecule has 0 saturated carbocycles. The zero-order valence-corrected chi connectivity index (χ0v) is 10.4. The molecule has 0 aliphatic heterocycles. The number of hydrogen-bond donors (Lipinski definition) is 0. The smallest absolute Gasteiger partial charge is 0.186 e. The summed E-state index contributed by atoms with van der Waals surface area (Å²) in [4.78, 5) is 23.7. The lowest BCUT2D eigenvalue weighted by Gasteiger charge is -2.13. The molecule has 0 aromatic heterocycles. The van der Waals surface area contributed by atoms with Gasteiger partial charge in [0.05, 0.1) is 0 Å². The van der Waals surface area contributed by atoms with E-state index in [-0.39, 0.29) is 11.6 Å². The van der Waals surface area contributed by atoms with Gasteiger partial charge in [-0.25, -0.2) is 0 Å². The van der Waals surface area contributed by atoms with Gasteiger partial charge in [0, 0.05) is 11.1 Å². The van der Waals surface area contributed by atoms with E-state index in [2.05, 4.69) is 0 Å². The van der Waals surface area contributed by atoms with E-state index in [1.54, 1.807) is 6.92 Å². The summed E-state index contributed by atoms with van der Waals surface area (Å²) < 4.78 is 0. The lowest BCUT2D eigenvalue weighted by Crippen LogP contribution is -2.12. The molecule has 0 spiro atoms. The van der Waals surface area contributed by atoms with Crippen molar-refractivity contribution in [2.75, 3.05) is 0 Å². The van der Waals surface area contributed by atoms with Gasteiger partial charge in [-0.15, -0.1) is 0 Å². The predicted octanol–water partition coefficient (Wildman–Crippen LogP) is 3.11. The molecule has 90 valence electrons. The van der Waals surface area contributed by atoms with Gasteiger partial charge >= 0.3 is 0 Å². The number of benzene rings is 1. The number of carbonyl (C=O) groups is 2. The van der Waals surface area contributed by atoms with Gasteiger partial charge in [-0.2, -0.15) is 0 Å². The average molecular weight is 238 g/mol. The normalized spacial score (nSPS) is 16.4. The van der Waals surface area contributed by atoms with Crippen LogP contribution in [0.2, 0.25) is 0 Å². The SMILES string of the molecule is C/C=C(/C1=CC(=O)C(C)=CC1=O)c1ccccc1. The highest BCUT2D eigenvalue weighted by Crippen LogP contribution is 2.26. The third-order valence-electron chi connectivity index (χ3n) is 2.94. The molecule has 1 aliphatic carbocycles. The van der Waals surface area contributed by atoms with E-state index in [1.165, 1.54) is 12.2 Å². The molecule has 18 heavy (non-hydrogen) atoms. The van der Waals surface area contributed by atoms with Crippen molar-refractivity contribution >= 4 is 17.1 Å². The second kappa shape index (κ2) is 4.96. The molecule has 0 bridgehead atoms. The molecule has 2 nitrogen and oxygen atoms in total. The average Bonchev–Trinajstić information content (AvgIpc) is 2.38. The van der Waals surface area contributed by atoms with Gasteiger partial charge in [0.2, 0.25) is 0 Å². The van der Waals surface area contributed by atoms with E-state index < -0.39 is 0 Å². The minimum atomic E-state index is -0.107. The third kappa shape index (κ3) is 2.23. The first kappa shape index (κ1) is 12.2. The summed E-state index contributed by atoms with van der Waals surface area (Å²) in [6.07, 6.45) is 4.70. The number of carbonyl (C=O) groups excluding carboxylic acids is 2. The van der Waals surface area contributed by atoms with Crippen molar-refractivity contribution in [3.8, 4) is 0 Å². The summed E-state index contributed by atoms with van der Waals surface area (Å²) in [5.74, 6) is -0.205. The van der Waals surface area contributed by atoms with Crippen molar-refractivity contribution < 1.29 is 9.59 Å². The number of rotatable bonds is 2. The van der Waals surface area contributed by atoms with Gasteiger partial charge in [0.25, 0.3) is 0 Å². The van der Waals surface area contributed by atoms with E-state index in [9.17, 15) is 9.59 Å². The summed E-state index contributed by atoms with van der Waals surface area (Å²) in [6, 6.07) is 9.60. The molecule has 1 aromatic carbocycles. The van der Waals surface area contributed by atoms with E-state index in [4.69, 9.17) is 0 Å². The number of hydrogen-bond acceptors (Lipinski definition) is 2. The van der Waals surface area contributed by atoms with Crippen LogP contribution in [-0.4, -0.2) is 11.6 Å². The highest BCUT2D eigenvalue weighted by molar-refractivity contribution is 6.26. The Morgan fingerprint density at radius 2 is 1.67 bits per heavy atom. The van der Waals surface area contributed by atoms with Crippen molar-refractivity contribution in [3.63, 3.8) is 0 Å². The minimum Gasteiger partial charge on any atom is -0.290 e. The molecule has 0 atom stereocenters. The molecule has 0 amide bonds. The molecular formula is C16H14O2. The monoisotopic (exact) mass is 238 g/mol. The topological polar surface area (TPSA) is 34.1 Å². The van der Waals surface area contributed by atoms with Gasteiger partial charge < -0.3 is 0 Å². The standard InChI is InChI=1S/C16H14O2/c1-3-13(12-7-5-4-6-8-12)14-10-15(17)11(2)9-16(14)18/h3-10H,1-2H3/b13-3+. The van der Waals surface area contributed by atoms with Crippen LogP contribution in [0.4, 0.5) is 0 Å². The van der Waals surface area contributed by atoms with Gasteiger partial charge in [-0.05, 0) is 37.1 Å². The van der Waals surface area contributed by atoms with Crippen molar-refractivity contribution in [2.24, 2.45) is 0 Å². The highest BCUT2D eigenvalue weighted by atomic mass is 16.1. The third-order valence-corrected chi connectivity index (χ3v) is 2.94. The zero-order chi connectivity index (χ0) is 13.1. The van der Waals surface area contributed by atoms with Gasteiger partial charge in [0.15, 0.2) is 11.6 Å². The van der Waals surface area contributed by atoms with Crippen LogP contribution < -0.4 is 0 Å². The van der Waals surface area contributed by atoms with E-state index in [0.717, 1.165) is 11.1 Å². The number of allylic oxidation sites excluding steroid dienone is 6. The fourth-order valence-electron chi connectivity index (χ4n) is 1.97. The van der Waals surface area contributed by atoms with Crippen LogP contribution in [0.15, 0.2) is 59.7 Å². The molecular weight excluding hydrogens is 224 g/mol. The van der Waals surface area contributed by atoms with Crippen LogP contribution in [0, 0.1) is 0 Å². The Labute approximate surface area is 106 Å². The van der Waals surface area contributed by atoms with Crippen LogP contribution in [0.5, 0.6) is 0 Å². The van der Waals surface area contributed by atoms with Crippen LogP contribution in [-0.2, 0) is 9.59 Å². The van der Waals surface area contributed by atoms with Crippen molar-refractivity contribution in [2.45, 2.75) is 13.8 Å². The zero-order valence-electron chi connectivity index (χ0n) is 10.4. The van der Waals surface area contributed by atoms with Gasteiger partial charge in [-0.1, -0.05) is 36.4 Å². The molecule has 1 aromatic rings. The fraction of sp³-hybridized carbons (Fsp3) is 0.125. The Morgan fingerprint density at radius 1 is 1.00 bits per heavy atom. The molecule has 0 N–H and O–H groups in total. The fourth-order valence-corrected chi connectivity index (χ4v) is 1.97. The minimum absolute atomic E-state index is 0.0973. The Morgan fingerprint density at radius 3 is 2.28 bits per heavy atom. The second-order valence-electron chi connectivity index (χ2n) is 4.18. The quantitative estimate of drug-likeness (QED) is 0.742. The molecule has 2 rings (SSSR count). The largest absolute Gasteiger partial charge is 0.290 e. The van der Waals surface area contributed by atoms with E-state index in [0.29, 0.717) is 11.1 Å². The van der Waals surface area contributed by atoms with E-state index >= 15 is 0 Å². The van der Waals surface area contributed by atoms with Gasteiger partial charge in [0.1, 0.15) is 0 Å². The summed E-state index contributed by atoms with van der Waals surface area (Å²) in [7, 11) is 0. The molecule has 0 unspecified atom stereocenters. The van der Waals surface area contributed by atoms with Gasteiger partial charge in [-0.3, -0.25) is 9.59 Å². The van der Waals surface area contributed by atoms with Crippen molar-refractivity contribution in [3.05, 3.63) is 65.3 Å². The summed E-state index contributed by atoms with van der Waals surface area (Å²) in [5.41, 5.74) is 2.71. The first-order chi connectivity index (χ1) is 8.63. The summed E-state index contributed by atoms with van der Waals surface area (Å²) in [6.45, 7) is 3.53. The second-order valence-corrected chi connectivity index (χ2v) is 4.18. The van der Waals surface area contributed by atoms with Crippen LogP contribution >= 0.6 is 0 Å². The summed E-state index contributed by atoms with van der Waals surface area (Å²) in [5, 5.41) is 0. The highest BCUT2D eigenvalue weighted by Gasteiger charge is 2.20. The van der Waals surface area contributed by atoms with Crippen LogP contribution in [0.1, 0.15) is 19.4 Å². The molecule has 0 radical (unpaired) electrons. The molecule has 1 aliphatic rings. The molecule has 0 saturated heterocycles. The molecule has 0 fully saturated rings. The van der Waals surface area contributed by atoms with Crippen LogP contribution in [0.25, 0.3) is 5.57 Å². The van der Waals surface area contributed by atoms with Crippen molar-refractivity contribution in [1.82, 2.24) is 0 Å². The summed E-state index contributed by atoms with van der Waals surface area (Å²) >= 11 is 0. The molecule has 2 heteroatoms. The Balaban J connectivity index is 2.46. The van der Waals surface area contributed by atoms with Crippen LogP contribution in [0.3, 0.4) is 0 Å². The first-order valence-corrected chi connectivity index (χ1v) is 5.84. The van der Waals surface area contributed by atoms with E-state index in [1.807, 2.05) is 43.3 Å². The number of ketones is 2. The Hall–Kier alpha value is -2.22. The Kier molecular flexibility index (Phi) is 3.38. The lowest BCUT2D eigenvalue weighted by molar-refractivity contribution is -0.114. The predicted molar refractivity (Wildman–Crippen MR) is 71.9 cm³/mol.